The lowest BCUT2D eigenvalue weighted by Gasteiger charge is -2.29. The molecule has 0 heterocycles. The highest BCUT2D eigenvalue weighted by atomic mass is 16.5. The van der Waals surface area contributed by atoms with E-state index in [-0.39, 0.29) is 11.8 Å². The van der Waals surface area contributed by atoms with Gasteiger partial charge in [0.05, 0.1) is 14.2 Å². The van der Waals surface area contributed by atoms with Crippen molar-refractivity contribution in [2.75, 3.05) is 14.2 Å². The Kier molecular flexibility index (Phi) is 4.89. The molecule has 1 aliphatic carbocycles. The Morgan fingerprint density at radius 1 is 1.00 bits per heavy atom. The Balaban J connectivity index is 3.19. The number of ether oxygens (including phenoxy) is 2. The molecule has 1 rings (SSSR count). The van der Waals surface area contributed by atoms with Crippen LogP contribution in [0.3, 0.4) is 0 Å². The Hall–Kier alpha value is -1.84. The zero-order valence-electron chi connectivity index (χ0n) is 10.8. The Morgan fingerprint density at radius 2 is 1.33 bits per heavy atom. The van der Waals surface area contributed by atoms with E-state index < -0.39 is 11.9 Å². The molecule has 0 amide bonds. The maximum Gasteiger partial charge on any atom is 0.334 e. The van der Waals surface area contributed by atoms with Crippen LogP contribution in [-0.2, 0) is 19.1 Å². The fourth-order valence-corrected chi connectivity index (χ4v) is 2.20. The maximum atomic E-state index is 11.7. The number of carbonyl (C=O) groups is 2. The van der Waals surface area contributed by atoms with Crippen molar-refractivity contribution in [2.45, 2.75) is 12.8 Å². The van der Waals surface area contributed by atoms with Gasteiger partial charge in [-0.2, -0.15) is 0 Å². The zero-order valence-corrected chi connectivity index (χ0v) is 10.8. The van der Waals surface area contributed by atoms with E-state index in [0.717, 1.165) is 0 Å². The molecule has 4 heteroatoms. The highest BCUT2D eigenvalue weighted by molar-refractivity contribution is 6.00. The molecule has 4 nitrogen and oxygen atoms in total. The second kappa shape index (κ2) is 6.19. The minimum Gasteiger partial charge on any atom is -0.466 e. The second-order valence-electron chi connectivity index (χ2n) is 4.15. The number of methoxy groups -OCH3 is 2. The number of hydrogen-bond acceptors (Lipinski definition) is 4. The monoisotopic (exact) mass is 250 g/mol. The van der Waals surface area contributed by atoms with Gasteiger partial charge in [-0.05, 0) is 24.7 Å². The van der Waals surface area contributed by atoms with Crippen LogP contribution in [0, 0.1) is 11.8 Å². The van der Waals surface area contributed by atoms with E-state index in [4.69, 9.17) is 9.47 Å². The molecule has 0 aromatic heterocycles. The molecule has 0 fully saturated rings. The quantitative estimate of drug-likeness (QED) is 0.566. The van der Waals surface area contributed by atoms with Gasteiger partial charge in [-0.3, -0.25) is 0 Å². The summed E-state index contributed by atoms with van der Waals surface area (Å²) in [6.07, 6.45) is 4.42. The number of allylic oxidation sites excluding steroid dienone is 2. The molecular formula is C14H18O4. The van der Waals surface area contributed by atoms with Crippen LogP contribution >= 0.6 is 0 Å². The van der Waals surface area contributed by atoms with Gasteiger partial charge in [-0.15, -0.1) is 13.2 Å². The third kappa shape index (κ3) is 2.70. The van der Waals surface area contributed by atoms with Gasteiger partial charge in [-0.1, -0.05) is 12.2 Å². The number of carbonyl (C=O) groups excluding carboxylic acids is 2. The molecule has 0 aromatic carbocycles. The molecular weight excluding hydrogens is 232 g/mol. The van der Waals surface area contributed by atoms with Crippen molar-refractivity contribution in [2.24, 2.45) is 11.8 Å². The molecule has 0 aromatic rings. The lowest BCUT2D eigenvalue weighted by atomic mass is 9.76. The van der Waals surface area contributed by atoms with Gasteiger partial charge in [0, 0.05) is 11.1 Å². The molecule has 18 heavy (non-hydrogen) atoms. The number of esters is 2. The highest BCUT2D eigenvalue weighted by Crippen LogP contribution is 2.36. The van der Waals surface area contributed by atoms with Crippen molar-refractivity contribution in [3.63, 3.8) is 0 Å². The first-order valence-electron chi connectivity index (χ1n) is 5.72. The van der Waals surface area contributed by atoms with Gasteiger partial charge in [-0.25, -0.2) is 9.59 Å². The normalized spacial score (nSPS) is 23.2. The average molecular weight is 250 g/mol. The summed E-state index contributed by atoms with van der Waals surface area (Å²) < 4.78 is 9.42. The van der Waals surface area contributed by atoms with E-state index in [2.05, 4.69) is 13.2 Å². The van der Waals surface area contributed by atoms with E-state index in [1.165, 1.54) is 14.2 Å². The highest BCUT2D eigenvalue weighted by Gasteiger charge is 2.33. The topological polar surface area (TPSA) is 52.6 Å². The predicted octanol–water partition coefficient (Wildman–Crippen LogP) is 2.03. The minimum atomic E-state index is -0.482. The van der Waals surface area contributed by atoms with Crippen LogP contribution in [0.5, 0.6) is 0 Å². The van der Waals surface area contributed by atoms with Crippen LogP contribution < -0.4 is 0 Å². The number of hydrogen-bond donors (Lipinski definition) is 0. The standard InChI is InChI=1S/C14H18O4/c1-5-9-7-11(13(15)17-3)12(14(16)18-4)8-10(9)6-2/h5-6,9-10H,1-2,7-8H2,3-4H3. The van der Waals surface area contributed by atoms with Crippen LogP contribution in [0.25, 0.3) is 0 Å². The average Bonchev–Trinajstić information content (AvgIpc) is 2.43. The van der Waals surface area contributed by atoms with Crippen LogP contribution in [0.15, 0.2) is 36.5 Å². The molecule has 0 aliphatic heterocycles. The summed E-state index contributed by atoms with van der Waals surface area (Å²) in [5.74, 6) is -0.787. The summed E-state index contributed by atoms with van der Waals surface area (Å²) >= 11 is 0. The number of rotatable bonds is 4. The molecule has 0 saturated heterocycles. The van der Waals surface area contributed by atoms with Gasteiger partial charge in [0.1, 0.15) is 0 Å². The van der Waals surface area contributed by atoms with E-state index in [1.807, 2.05) is 0 Å². The summed E-state index contributed by atoms with van der Waals surface area (Å²) in [7, 11) is 2.60. The molecule has 2 atom stereocenters. The van der Waals surface area contributed by atoms with Gasteiger partial charge in [0.15, 0.2) is 0 Å². The molecule has 0 saturated carbocycles. The van der Waals surface area contributed by atoms with E-state index in [9.17, 15) is 9.59 Å². The lowest BCUT2D eigenvalue weighted by Crippen LogP contribution is -2.26. The van der Waals surface area contributed by atoms with Gasteiger partial charge >= 0.3 is 11.9 Å². The Labute approximate surface area is 107 Å². The molecule has 0 spiro atoms. The van der Waals surface area contributed by atoms with Crippen molar-refractivity contribution >= 4 is 11.9 Å². The summed E-state index contributed by atoms with van der Waals surface area (Å²) in [6.45, 7) is 7.51. The molecule has 0 bridgehead atoms. The van der Waals surface area contributed by atoms with Crippen molar-refractivity contribution in [3.05, 3.63) is 36.5 Å². The third-order valence-electron chi connectivity index (χ3n) is 3.26. The summed E-state index contributed by atoms with van der Waals surface area (Å²) in [4.78, 5) is 23.4. The predicted molar refractivity (Wildman–Crippen MR) is 67.7 cm³/mol. The largest absolute Gasteiger partial charge is 0.466 e. The van der Waals surface area contributed by atoms with E-state index in [0.29, 0.717) is 24.0 Å². The first-order valence-corrected chi connectivity index (χ1v) is 5.72. The summed E-state index contributed by atoms with van der Waals surface area (Å²) in [5.41, 5.74) is 0.764. The smallest absolute Gasteiger partial charge is 0.334 e. The fourth-order valence-electron chi connectivity index (χ4n) is 2.20. The van der Waals surface area contributed by atoms with E-state index in [1.54, 1.807) is 12.2 Å². The second-order valence-corrected chi connectivity index (χ2v) is 4.15. The first-order chi connectivity index (χ1) is 8.58. The summed E-state index contributed by atoms with van der Waals surface area (Å²) in [5, 5.41) is 0. The minimum absolute atomic E-state index is 0.0880. The van der Waals surface area contributed by atoms with Crippen LogP contribution in [0.1, 0.15) is 12.8 Å². The van der Waals surface area contributed by atoms with E-state index >= 15 is 0 Å². The third-order valence-corrected chi connectivity index (χ3v) is 3.26. The zero-order chi connectivity index (χ0) is 13.7. The van der Waals surface area contributed by atoms with Gasteiger partial charge in [0.25, 0.3) is 0 Å². The molecule has 1 aliphatic rings. The van der Waals surface area contributed by atoms with Crippen molar-refractivity contribution in [1.82, 2.24) is 0 Å². The van der Waals surface area contributed by atoms with Crippen molar-refractivity contribution < 1.29 is 19.1 Å². The maximum absolute atomic E-state index is 11.7. The Bertz CT molecular complexity index is 368. The van der Waals surface area contributed by atoms with Crippen LogP contribution in [-0.4, -0.2) is 26.2 Å². The van der Waals surface area contributed by atoms with Crippen molar-refractivity contribution in [1.29, 1.82) is 0 Å². The fraction of sp³-hybridized carbons (Fsp3) is 0.429. The lowest BCUT2D eigenvalue weighted by molar-refractivity contribution is -0.140. The van der Waals surface area contributed by atoms with Crippen LogP contribution in [0.4, 0.5) is 0 Å². The van der Waals surface area contributed by atoms with Crippen molar-refractivity contribution in [3.8, 4) is 0 Å². The van der Waals surface area contributed by atoms with Crippen LogP contribution in [0.2, 0.25) is 0 Å². The molecule has 0 N–H and O–H groups in total. The van der Waals surface area contributed by atoms with Gasteiger partial charge in [0.2, 0.25) is 0 Å². The Morgan fingerprint density at radius 3 is 1.56 bits per heavy atom. The summed E-state index contributed by atoms with van der Waals surface area (Å²) in [6, 6.07) is 0. The molecule has 2 unspecified atom stereocenters. The first kappa shape index (κ1) is 14.2. The SMILES string of the molecule is C=CC1CC(C(=O)OC)=C(C(=O)OC)CC1C=C. The van der Waals surface area contributed by atoms with Gasteiger partial charge < -0.3 is 9.47 Å². The molecule has 98 valence electrons. The molecule has 0 radical (unpaired) electrons.